The van der Waals surface area contributed by atoms with Crippen molar-refractivity contribution in [2.75, 3.05) is 13.1 Å². The van der Waals surface area contributed by atoms with Crippen molar-refractivity contribution < 1.29 is 9.90 Å². The molecule has 140 valence electrons. The van der Waals surface area contributed by atoms with Crippen molar-refractivity contribution in [1.82, 2.24) is 24.5 Å². The summed E-state index contributed by atoms with van der Waals surface area (Å²) in [5.74, 6) is -0.190. The Balaban J connectivity index is 1.74. The van der Waals surface area contributed by atoms with Gasteiger partial charge in [-0.2, -0.15) is 0 Å². The number of aryl methyl sites for hydroxylation is 1. The zero-order valence-corrected chi connectivity index (χ0v) is 15.4. The lowest BCUT2D eigenvalue weighted by atomic mass is 9.90. The Kier molecular flexibility index (Phi) is 4.95. The monoisotopic (exact) mass is 359 g/mol. The molecule has 0 radical (unpaired) electrons. The molecule has 1 aliphatic heterocycles. The van der Waals surface area contributed by atoms with Crippen LogP contribution in [0.5, 0.6) is 0 Å². The summed E-state index contributed by atoms with van der Waals surface area (Å²) in [6.07, 6.45) is 4.56. The van der Waals surface area contributed by atoms with Crippen molar-refractivity contribution in [3.05, 3.63) is 46.1 Å². The lowest BCUT2D eigenvalue weighted by molar-refractivity contribution is -0.139. The van der Waals surface area contributed by atoms with Crippen molar-refractivity contribution in [3.63, 3.8) is 0 Å². The lowest BCUT2D eigenvalue weighted by Gasteiger charge is -2.38. The predicted molar refractivity (Wildman–Crippen MR) is 95.6 cm³/mol. The number of likely N-dealkylation sites (tertiary alicyclic amines) is 1. The zero-order chi connectivity index (χ0) is 18.9. The summed E-state index contributed by atoms with van der Waals surface area (Å²) >= 11 is 0. The normalized spacial score (nSPS) is 20.6. The second-order valence-corrected chi connectivity index (χ2v) is 7.30. The van der Waals surface area contributed by atoms with Crippen LogP contribution in [0.25, 0.3) is 0 Å². The average molecular weight is 359 g/mol. The van der Waals surface area contributed by atoms with Crippen molar-refractivity contribution >= 4 is 5.91 Å². The molecule has 8 heteroatoms. The van der Waals surface area contributed by atoms with Gasteiger partial charge in [0.2, 0.25) is 5.91 Å². The molecule has 1 amide bonds. The number of rotatable bonds is 4. The van der Waals surface area contributed by atoms with E-state index in [1.165, 1.54) is 10.6 Å². The second-order valence-electron chi connectivity index (χ2n) is 7.30. The van der Waals surface area contributed by atoms with E-state index >= 15 is 0 Å². The Morgan fingerprint density at radius 1 is 1.42 bits per heavy atom. The molecular weight excluding hydrogens is 334 g/mol. The summed E-state index contributed by atoms with van der Waals surface area (Å²) in [5.41, 5.74) is -0.0692. The van der Waals surface area contributed by atoms with Crippen LogP contribution in [0.4, 0.5) is 0 Å². The van der Waals surface area contributed by atoms with Gasteiger partial charge in [0.15, 0.2) is 0 Å². The van der Waals surface area contributed by atoms with Crippen LogP contribution in [-0.2, 0) is 16.9 Å². The average Bonchev–Trinajstić information content (AvgIpc) is 3.08. The fourth-order valence-corrected chi connectivity index (χ4v) is 3.18. The molecule has 2 aromatic heterocycles. The zero-order valence-electron chi connectivity index (χ0n) is 15.4. The topological polar surface area (TPSA) is 93.2 Å². The summed E-state index contributed by atoms with van der Waals surface area (Å²) in [7, 11) is 0. The van der Waals surface area contributed by atoms with Gasteiger partial charge in [-0.15, -0.1) is 5.10 Å². The Morgan fingerprint density at radius 2 is 2.19 bits per heavy atom. The van der Waals surface area contributed by atoms with E-state index in [2.05, 4.69) is 10.3 Å². The first-order chi connectivity index (χ1) is 12.3. The van der Waals surface area contributed by atoms with E-state index in [1.807, 2.05) is 20.8 Å². The smallest absolute Gasteiger partial charge is 0.251 e. The van der Waals surface area contributed by atoms with E-state index in [0.717, 1.165) is 5.56 Å². The SMILES string of the molecule is Cc1ccn(CC(=O)N2CCCC(O)(c3cn(C(C)C)nn3)C2)c(=O)c1. The molecule has 3 rings (SSSR count). The Bertz CT molecular complexity index is 857. The minimum absolute atomic E-state index is 0.0339. The molecule has 0 aromatic carbocycles. The van der Waals surface area contributed by atoms with Crippen LogP contribution in [0.3, 0.4) is 0 Å². The van der Waals surface area contributed by atoms with E-state index in [0.29, 0.717) is 25.1 Å². The van der Waals surface area contributed by atoms with Crippen molar-refractivity contribution in [2.45, 2.75) is 51.8 Å². The van der Waals surface area contributed by atoms with Gasteiger partial charge in [0.1, 0.15) is 17.8 Å². The van der Waals surface area contributed by atoms with Crippen LogP contribution in [0, 0.1) is 6.92 Å². The van der Waals surface area contributed by atoms with Crippen molar-refractivity contribution in [2.24, 2.45) is 0 Å². The summed E-state index contributed by atoms with van der Waals surface area (Å²) in [6.45, 7) is 6.48. The van der Waals surface area contributed by atoms with Gasteiger partial charge in [-0.1, -0.05) is 5.21 Å². The number of hydrogen-bond donors (Lipinski definition) is 1. The first-order valence-electron chi connectivity index (χ1n) is 8.88. The number of piperidine rings is 1. The molecule has 8 nitrogen and oxygen atoms in total. The van der Waals surface area contributed by atoms with Crippen LogP contribution < -0.4 is 5.56 Å². The summed E-state index contributed by atoms with van der Waals surface area (Å²) in [6, 6.07) is 3.45. The van der Waals surface area contributed by atoms with Crippen LogP contribution >= 0.6 is 0 Å². The highest BCUT2D eigenvalue weighted by Gasteiger charge is 2.39. The van der Waals surface area contributed by atoms with Crippen LogP contribution in [0.1, 0.15) is 44.0 Å². The summed E-state index contributed by atoms with van der Waals surface area (Å²) < 4.78 is 3.08. The molecule has 1 N–H and O–H groups in total. The van der Waals surface area contributed by atoms with Crippen molar-refractivity contribution in [1.29, 1.82) is 0 Å². The highest BCUT2D eigenvalue weighted by Crippen LogP contribution is 2.30. The number of β-amino-alcohol motifs (C(OH)–C–C–N with tert-alkyl or cyclic N) is 1. The molecule has 0 spiro atoms. The Hall–Kier alpha value is -2.48. The molecule has 1 aliphatic rings. The molecule has 1 fully saturated rings. The number of carbonyl (C=O) groups excluding carboxylic acids is 1. The molecule has 1 unspecified atom stereocenters. The van der Waals surface area contributed by atoms with Gasteiger partial charge >= 0.3 is 0 Å². The summed E-state index contributed by atoms with van der Waals surface area (Å²) in [4.78, 5) is 26.2. The number of carbonyl (C=O) groups is 1. The third kappa shape index (κ3) is 3.70. The maximum atomic E-state index is 12.7. The molecule has 0 bridgehead atoms. The van der Waals surface area contributed by atoms with Gasteiger partial charge in [-0.3, -0.25) is 9.59 Å². The maximum Gasteiger partial charge on any atom is 0.251 e. The van der Waals surface area contributed by atoms with Crippen LogP contribution in [0.2, 0.25) is 0 Å². The fraction of sp³-hybridized carbons (Fsp3) is 0.556. The van der Waals surface area contributed by atoms with E-state index in [1.54, 1.807) is 28.0 Å². The van der Waals surface area contributed by atoms with E-state index in [9.17, 15) is 14.7 Å². The van der Waals surface area contributed by atoms with Gasteiger partial charge in [0, 0.05) is 24.8 Å². The number of nitrogens with zero attached hydrogens (tertiary/aromatic N) is 5. The second kappa shape index (κ2) is 7.03. The van der Waals surface area contributed by atoms with E-state index in [-0.39, 0.29) is 30.6 Å². The quantitative estimate of drug-likeness (QED) is 0.873. The van der Waals surface area contributed by atoms with Crippen LogP contribution in [0.15, 0.2) is 29.3 Å². The molecule has 0 aliphatic carbocycles. The molecule has 1 saturated heterocycles. The summed E-state index contributed by atoms with van der Waals surface area (Å²) in [5, 5.41) is 19.2. The standard InChI is InChI=1S/C18H25N5O3/c1-13(2)23-10-15(19-20-23)18(26)6-4-7-22(12-18)17(25)11-21-8-5-14(3)9-16(21)24/h5,8-10,13,26H,4,6-7,11-12H2,1-3H3. The molecule has 0 saturated carbocycles. The van der Waals surface area contributed by atoms with E-state index < -0.39 is 5.60 Å². The Morgan fingerprint density at radius 3 is 2.85 bits per heavy atom. The third-order valence-electron chi connectivity index (χ3n) is 4.80. The van der Waals surface area contributed by atoms with Gasteiger partial charge in [0.25, 0.3) is 5.56 Å². The molecule has 2 aromatic rings. The number of pyridine rings is 1. The minimum atomic E-state index is -1.21. The fourth-order valence-electron chi connectivity index (χ4n) is 3.18. The minimum Gasteiger partial charge on any atom is -0.382 e. The predicted octanol–water partition coefficient (Wildman–Crippen LogP) is 0.839. The van der Waals surface area contributed by atoms with Gasteiger partial charge in [0.05, 0.1) is 12.7 Å². The largest absolute Gasteiger partial charge is 0.382 e. The highest BCUT2D eigenvalue weighted by atomic mass is 16.3. The van der Waals surface area contributed by atoms with Gasteiger partial charge in [-0.05, 0) is 45.2 Å². The van der Waals surface area contributed by atoms with Gasteiger partial charge < -0.3 is 14.6 Å². The molecule has 26 heavy (non-hydrogen) atoms. The van der Waals surface area contributed by atoms with E-state index in [4.69, 9.17) is 0 Å². The molecule has 3 heterocycles. The number of aromatic nitrogens is 4. The number of amides is 1. The molecule has 1 atom stereocenters. The van der Waals surface area contributed by atoms with Crippen LogP contribution in [-0.4, -0.2) is 48.6 Å². The molecular formula is C18H25N5O3. The highest BCUT2D eigenvalue weighted by molar-refractivity contribution is 5.76. The first-order valence-corrected chi connectivity index (χ1v) is 8.88. The number of aliphatic hydroxyl groups is 1. The first kappa shape index (κ1) is 18.3. The number of hydrogen-bond acceptors (Lipinski definition) is 5. The lowest BCUT2D eigenvalue weighted by Crippen LogP contribution is -2.50. The maximum absolute atomic E-state index is 12.7. The van der Waals surface area contributed by atoms with Crippen molar-refractivity contribution in [3.8, 4) is 0 Å². The van der Waals surface area contributed by atoms with Gasteiger partial charge in [-0.25, -0.2) is 4.68 Å². The Labute approximate surface area is 152 Å². The third-order valence-corrected chi connectivity index (χ3v) is 4.80.